The maximum atomic E-state index is 11.9. The van der Waals surface area contributed by atoms with Crippen molar-refractivity contribution in [3.8, 4) is 12.3 Å². The molecule has 16 heavy (non-hydrogen) atoms. The van der Waals surface area contributed by atoms with Crippen LogP contribution in [0.2, 0.25) is 0 Å². The zero-order valence-electron chi connectivity index (χ0n) is 9.00. The summed E-state index contributed by atoms with van der Waals surface area (Å²) in [5.74, 6) is 2.25. The second-order valence-corrected chi connectivity index (χ2v) is 3.56. The number of aryl methyl sites for hydroxylation is 1. The third-order valence-electron chi connectivity index (χ3n) is 2.47. The minimum Gasteiger partial charge on any atom is -0.358 e. The van der Waals surface area contributed by atoms with Crippen molar-refractivity contribution >= 4 is 16.8 Å². The Balaban J connectivity index is 2.47. The zero-order chi connectivity index (χ0) is 11.5. The summed E-state index contributed by atoms with van der Waals surface area (Å²) in [5, 5.41) is 3.60. The maximum absolute atomic E-state index is 11.9. The number of rotatable bonds is 2. The standard InChI is InChI=1S/C13H12N2O/c1-3-8-14-13(16)12-9(2)15-11-7-5-4-6-10(11)12/h1,4-7,15H,8H2,2H3,(H,14,16). The fourth-order valence-electron chi connectivity index (χ4n) is 1.79. The number of carbonyl (C=O) groups is 1. The highest BCUT2D eigenvalue weighted by molar-refractivity contribution is 6.08. The normalized spacial score (nSPS) is 10.0. The van der Waals surface area contributed by atoms with E-state index < -0.39 is 0 Å². The second-order valence-electron chi connectivity index (χ2n) is 3.56. The van der Waals surface area contributed by atoms with Crippen molar-refractivity contribution in [2.75, 3.05) is 6.54 Å². The number of carbonyl (C=O) groups excluding carboxylic acids is 1. The first-order valence-corrected chi connectivity index (χ1v) is 5.03. The first-order valence-electron chi connectivity index (χ1n) is 5.03. The summed E-state index contributed by atoms with van der Waals surface area (Å²) in [6.07, 6.45) is 5.11. The lowest BCUT2D eigenvalue weighted by atomic mass is 10.1. The van der Waals surface area contributed by atoms with Crippen molar-refractivity contribution in [1.82, 2.24) is 10.3 Å². The first-order chi connectivity index (χ1) is 7.74. The molecule has 0 saturated heterocycles. The van der Waals surface area contributed by atoms with E-state index in [4.69, 9.17) is 6.42 Å². The van der Waals surface area contributed by atoms with E-state index in [-0.39, 0.29) is 12.5 Å². The molecule has 0 spiro atoms. The van der Waals surface area contributed by atoms with Gasteiger partial charge < -0.3 is 10.3 Å². The summed E-state index contributed by atoms with van der Waals surface area (Å²) >= 11 is 0. The molecule has 0 atom stereocenters. The SMILES string of the molecule is C#CCNC(=O)c1c(C)[nH]c2ccccc12. The van der Waals surface area contributed by atoms with Gasteiger partial charge in [0.2, 0.25) is 0 Å². The van der Waals surface area contributed by atoms with Gasteiger partial charge in [0, 0.05) is 16.6 Å². The van der Waals surface area contributed by atoms with E-state index in [1.54, 1.807) is 0 Å². The number of hydrogen-bond donors (Lipinski definition) is 2. The Morgan fingerprint density at radius 3 is 3.00 bits per heavy atom. The number of hydrogen-bond acceptors (Lipinski definition) is 1. The van der Waals surface area contributed by atoms with E-state index in [0.29, 0.717) is 5.56 Å². The molecule has 0 aliphatic heterocycles. The van der Waals surface area contributed by atoms with Gasteiger partial charge in [-0.1, -0.05) is 24.1 Å². The summed E-state index contributed by atoms with van der Waals surface area (Å²) in [5.41, 5.74) is 2.49. The molecule has 3 nitrogen and oxygen atoms in total. The molecule has 1 heterocycles. The smallest absolute Gasteiger partial charge is 0.254 e. The van der Waals surface area contributed by atoms with Crippen LogP contribution in [0.5, 0.6) is 0 Å². The van der Waals surface area contributed by atoms with E-state index in [0.717, 1.165) is 16.6 Å². The van der Waals surface area contributed by atoms with Crippen LogP contribution in [-0.4, -0.2) is 17.4 Å². The highest BCUT2D eigenvalue weighted by Gasteiger charge is 2.14. The van der Waals surface area contributed by atoms with Gasteiger partial charge in [0.05, 0.1) is 12.1 Å². The lowest BCUT2D eigenvalue weighted by molar-refractivity contribution is 0.0960. The van der Waals surface area contributed by atoms with Crippen molar-refractivity contribution in [3.63, 3.8) is 0 Å². The molecule has 0 aliphatic rings. The number of H-pyrrole nitrogens is 1. The van der Waals surface area contributed by atoms with Crippen LogP contribution in [0.15, 0.2) is 24.3 Å². The third kappa shape index (κ3) is 1.66. The minimum atomic E-state index is -0.132. The molecule has 0 fully saturated rings. The van der Waals surface area contributed by atoms with Crippen LogP contribution >= 0.6 is 0 Å². The number of terminal acetylenes is 1. The van der Waals surface area contributed by atoms with Crippen molar-refractivity contribution in [2.45, 2.75) is 6.92 Å². The van der Waals surface area contributed by atoms with Gasteiger partial charge in [-0.3, -0.25) is 4.79 Å². The molecule has 0 unspecified atom stereocenters. The first kappa shape index (κ1) is 10.3. The van der Waals surface area contributed by atoms with Gasteiger partial charge in [0.25, 0.3) is 5.91 Å². The Kier molecular flexibility index (Phi) is 2.65. The average molecular weight is 212 g/mol. The molecular weight excluding hydrogens is 200 g/mol. The van der Waals surface area contributed by atoms with Gasteiger partial charge in [-0.2, -0.15) is 0 Å². The van der Waals surface area contributed by atoms with Crippen molar-refractivity contribution in [3.05, 3.63) is 35.5 Å². The van der Waals surface area contributed by atoms with E-state index >= 15 is 0 Å². The molecule has 1 aromatic heterocycles. The number of aromatic amines is 1. The van der Waals surface area contributed by atoms with Crippen LogP contribution in [0.1, 0.15) is 16.1 Å². The van der Waals surface area contributed by atoms with Crippen molar-refractivity contribution in [1.29, 1.82) is 0 Å². The third-order valence-corrected chi connectivity index (χ3v) is 2.47. The molecule has 0 saturated carbocycles. The van der Waals surface area contributed by atoms with Crippen LogP contribution in [0.3, 0.4) is 0 Å². The number of amides is 1. The van der Waals surface area contributed by atoms with Crippen LogP contribution in [0, 0.1) is 19.3 Å². The van der Waals surface area contributed by atoms with Gasteiger partial charge in [0.1, 0.15) is 0 Å². The average Bonchev–Trinajstić information content (AvgIpc) is 2.62. The van der Waals surface area contributed by atoms with Gasteiger partial charge in [-0.05, 0) is 13.0 Å². The Hall–Kier alpha value is -2.21. The fourth-order valence-corrected chi connectivity index (χ4v) is 1.79. The Bertz CT molecular complexity index is 575. The molecule has 2 N–H and O–H groups in total. The molecule has 0 radical (unpaired) electrons. The molecule has 1 aromatic carbocycles. The van der Waals surface area contributed by atoms with E-state index in [9.17, 15) is 4.79 Å². The van der Waals surface area contributed by atoms with Crippen LogP contribution in [0.4, 0.5) is 0 Å². The number of fused-ring (bicyclic) bond motifs is 1. The van der Waals surface area contributed by atoms with Crippen molar-refractivity contribution in [2.24, 2.45) is 0 Å². The lowest BCUT2D eigenvalue weighted by Crippen LogP contribution is -2.23. The predicted octanol–water partition coefficient (Wildman–Crippen LogP) is 1.84. The zero-order valence-corrected chi connectivity index (χ0v) is 9.00. The van der Waals surface area contributed by atoms with Crippen LogP contribution in [-0.2, 0) is 0 Å². The lowest BCUT2D eigenvalue weighted by Gasteiger charge is -2.01. The Morgan fingerprint density at radius 1 is 1.50 bits per heavy atom. The van der Waals surface area contributed by atoms with Crippen LogP contribution in [0.25, 0.3) is 10.9 Å². The summed E-state index contributed by atoms with van der Waals surface area (Å²) in [4.78, 5) is 15.0. The molecule has 80 valence electrons. The summed E-state index contributed by atoms with van der Waals surface area (Å²) in [7, 11) is 0. The summed E-state index contributed by atoms with van der Waals surface area (Å²) in [6.45, 7) is 2.13. The van der Waals surface area contributed by atoms with Crippen molar-refractivity contribution < 1.29 is 4.79 Å². The molecule has 1 amide bonds. The molecule has 0 aliphatic carbocycles. The highest BCUT2D eigenvalue weighted by Crippen LogP contribution is 2.21. The summed E-state index contributed by atoms with van der Waals surface area (Å²) in [6, 6.07) is 7.71. The van der Waals surface area contributed by atoms with Crippen LogP contribution < -0.4 is 5.32 Å². The molecule has 2 rings (SSSR count). The molecule has 3 heteroatoms. The second kappa shape index (κ2) is 4.11. The predicted molar refractivity (Wildman–Crippen MR) is 64.2 cm³/mol. The number of benzene rings is 1. The monoisotopic (exact) mass is 212 g/mol. The molecular formula is C13H12N2O. The fraction of sp³-hybridized carbons (Fsp3) is 0.154. The van der Waals surface area contributed by atoms with Gasteiger partial charge >= 0.3 is 0 Å². The quantitative estimate of drug-likeness (QED) is 0.733. The number of para-hydroxylation sites is 1. The minimum absolute atomic E-state index is 0.132. The Labute approximate surface area is 93.9 Å². The largest absolute Gasteiger partial charge is 0.358 e. The van der Waals surface area contributed by atoms with Gasteiger partial charge in [-0.25, -0.2) is 0 Å². The number of aromatic nitrogens is 1. The van der Waals surface area contributed by atoms with Gasteiger partial charge in [0.15, 0.2) is 0 Å². The van der Waals surface area contributed by atoms with Gasteiger partial charge in [-0.15, -0.1) is 6.42 Å². The topological polar surface area (TPSA) is 44.9 Å². The number of nitrogens with one attached hydrogen (secondary N) is 2. The molecule has 2 aromatic rings. The molecule has 0 bridgehead atoms. The maximum Gasteiger partial charge on any atom is 0.254 e. The van der Waals surface area contributed by atoms with E-state index in [1.165, 1.54) is 0 Å². The highest BCUT2D eigenvalue weighted by atomic mass is 16.1. The van der Waals surface area contributed by atoms with E-state index in [1.807, 2.05) is 31.2 Å². The Morgan fingerprint density at radius 2 is 2.25 bits per heavy atom. The summed E-state index contributed by atoms with van der Waals surface area (Å²) < 4.78 is 0. The van der Waals surface area contributed by atoms with E-state index in [2.05, 4.69) is 16.2 Å².